The van der Waals surface area contributed by atoms with Gasteiger partial charge in [-0.2, -0.15) is 0 Å². The smallest absolute Gasteiger partial charge is 0.231 e. The zero-order chi connectivity index (χ0) is 18.3. The van der Waals surface area contributed by atoms with Crippen LogP contribution < -0.4 is 10.6 Å². The van der Waals surface area contributed by atoms with Crippen LogP contribution in [-0.2, 0) is 11.2 Å². The van der Waals surface area contributed by atoms with Crippen molar-refractivity contribution in [2.24, 2.45) is 5.92 Å². The molecule has 1 amide bonds. The van der Waals surface area contributed by atoms with Gasteiger partial charge in [-0.3, -0.25) is 10.1 Å². The summed E-state index contributed by atoms with van der Waals surface area (Å²) in [5.74, 6) is -0.630. The maximum Gasteiger partial charge on any atom is 0.231 e. The average Bonchev–Trinajstić information content (AvgIpc) is 3.03. The summed E-state index contributed by atoms with van der Waals surface area (Å²) in [6.07, 6.45) is 0.355. The van der Waals surface area contributed by atoms with Crippen LogP contribution >= 0.6 is 35.0 Å². The van der Waals surface area contributed by atoms with Gasteiger partial charge in [-0.15, -0.1) is 11.8 Å². The molecular weight excluding hydrogens is 394 g/mol. The van der Waals surface area contributed by atoms with Gasteiger partial charge in [0, 0.05) is 16.5 Å². The molecule has 2 aromatic carbocycles. The fraction of sp³-hybridized carbons (Fsp3) is 0.211. The Labute approximate surface area is 164 Å². The first-order chi connectivity index (χ1) is 12.5. The summed E-state index contributed by atoms with van der Waals surface area (Å²) in [4.78, 5) is 12.7. The van der Waals surface area contributed by atoms with Crippen molar-refractivity contribution in [2.45, 2.75) is 18.0 Å². The van der Waals surface area contributed by atoms with Crippen LogP contribution in [0, 0.1) is 11.7 Å². The Hall–Kier alpha value is -1.53. The van der Waals surface area contributed by atoms with E-state index in [1.165, 1.54) is 12.1 Å². The summed E-state index contributed by atoms with van der Waals surface area (Å²) >= 11 is 13.8. The zero-order valence-corrected chi connectivity index (χ0v) is 15.8. The first-order valence-corrected chi connectivity index (χ1v) is 9.83. The second-order valence-corrected chi connectivity index (χ2v) is 8.14. The Bertz CT molecular complexity index is 888. The van der Waals surface area contributed by atoms with Crippen LogP contribution in [0.5, 0.6) is 0 Å². The van der Waals surface area contributed by atoms with Gasteiger partial charge in [0.25, 0.3) is 0 Å². The predicted molar refractivity (Wildman–Crippen MR) is 104 cm³/mol. The van der Waals surface area contributed by atoms with Crippen LogP contribution in [0.15, 0.2) is 47.9 Å². The van der Waals surface area contributed by atoms with Gasteiger partial charge in [-0.05, 0) is 46.4 Å². The first kappa shape index (κ1) is 17.9. The molecule has 0 bridgehead atoms. The van der Waals surface area contributed by atoms with E-state index < -0.39 is 0 Å². The summed E-state index contributed by atoms with van der Waals surface area (Å²) in [7, 11) is 0. The highest BCUT2D eigenvalue weighted by atomic mass is 35.5. The van der Waals surface area contributed by atoms with Crippen LogP contribution in [0.4, 0.5) is 4.39 Å². The largest absolute Gasteiger partial charge is 0.340 e. The summed E-state index contributed by atoms with van der Waals surface area (Å²) < 4.78 is 13.2. The molecule has 4 rings (SSSR count). The monoisotopic (exact) mass is 408 g/mol. The molecule has 2 aliphatic rings. The quantitative estimate of drug-likeness (QED) is 0.787. The Morgan fingerprint density at radius 3 is 2.62 bits per heavy atom. The molecule has 0 aliphatic carbocycles. The molecule has 3 nitrogen and oxygen atoms in total. The SMILES string of the molecule is O=C1NC(Cc2ccc(Cl)cc2Cl)NC2SC=C(c3ccc(F)cc3)C12. The predicted octanol–water partition coefficient (Wildman–Crippen LogP) is 4.45. The number of benzene rings is 2. The molecule has 3 unspecified atom stereocenters. The maximum absolute atomic E-state index is 13.2. The van der Waals surface area contributed by atoms with Gasteiger partial charge in [-0.1, -0.05) is 41.4 Å². The van der Waals surface area contributed by atoms with Crippen molar-refractivity contribution in [3.05, 3.63) is 74.9 Å². The number of hydrogen-bond acceptors (Lipinski definition) is 3. The van der Waals surface area contributed by atoms with Crippen molar-refractivity contribution in [3.8, 4) is 0 Å². The Morgan fingerprint density at radius 2 is 1.88 bits per heavy atom. The lowest BCUT2D eigenvalue weighted by molar-refractivity contribution is -0.126. The normalized spacial score (nSPS) is 24.8. The molecule has 1 saturated heterocycles. The fourth-order valence-corrected chi connectivity index (χ4v) is 5.02. The summed E-state index contributed by atoms with van der Waals surface area (Å²) in [6.45, 7) is 0. The molecule has 7 heteroatoms. The lowest BCUT2D eigenvalue weighted by Gasteiger charge is -2.34. The Kier molecular flexibility index (Phi) is 4.97. The molecule has 2 heterocycles. The molecule has 0 spiro atoms. The van der Waals surface area contributed by atoms with Gasteiger partial charge >= 0.3 is 0 Å². The molecule has 0 aromatic heterocycles. The second kappa shape index (κ2) is 7.24. The third kappa shape index (κ3) is 3.49. The summed E-state index contributed by atoms with van der Waals surface area (Å²) in [5.41, 5.74) is 2.69. The van der Waals surface area contributed by atoms with E-state index in [0.717, 1.165) is 16.7 Å². The fourth-order valence-electron chi connectivity index (χ4n) is 3.28. The Morgan fingerprint density at radius 1 is 1.12 bits per heavy atom. The standard InChI is InChI=1S/C19H15Cl2FN2OS/c20-12-4-1-11(15(21)8-12)7-16-23-18(25)17-14(9-26-19(17)24-16)10-2-5-13(22)6-3-10/h1-6,8-9,16-17,19,24H,7H2,(H,23,25). The minimum Gasteiger partial charge on any atom is -0.340 e. The van der Waals surface area contributed by atoms with Crippen molar-refractivity contribution in [1.82, 2.24) is 10.6 Å². The Balaban J connectivity index is 1.49. The molecule has 0 saturated carbocycles. The lowest BCUT2D eigenvalue weighted by atomic mass is 9.91. The van der Waals surface area contributed by atoms with Crippen LogP contribution in [0.1, 0.15) is 11.1 Å². The molecule has 26 heavy (non-hydrogen) atoms. The number of carbonyl (C=O) groups is 1. The van der Waals surface area contributed by atoms with Crippen LogP contribution in [0.2, 0.25) is 10.0 Å². The lowest BCUT2D eigenvalue weighted by Crippen LogP contribution is -2.60. The number of halogens is 3. The number of thioether (sulfide) groups is 1. The molecule has 2 aromatic rings. The van der Waals surface area contributed by atoms with Gasteiger partial charge in [0.05, 0.1) is 17.5 Å². The van der Waals surface area contributed by atoms with Crippen molar-refractivity contribution in [3.63, 3.8) is 0 Å². The molecule has 0 radical (unpaired) electrons. The van der Waals surface area contributed by atoms with E-state index in [4.69, 9.17) is 23.2 Å². The highest BCUT2D eigenvalue weighted by molar-refractivity contribution is 8.03. The highest BCUT2D eigenvalue weighted by Crippen LogP contribution is 2.42. The first-order valence-electron chi connectivity index (χ1n) is 8.13. The average molecular weight is 409 g/mol. The van der Waals surface area contributed by atoms with E-state index in [-0.39, 0.29) is 29.2 Å². The third-order valence-corrected chi connectivity index (χ3v) is 6.24. The molecule has 134 valence electrons. The molecule has 2 N–H and O–H groups in total. The van der Waals surface area contributed by atoms with Crippen LogP contribution in [0.25, 0.3) is 5.57 Å². The van der Waals surface area contributed by atoms with E-state index in [9.17, 15) is 9.18 Å². The third-order valence-electron chi connectivity index (χ3n) is 4.56. The van der Waals surface area contributed by atoms with Crippen molar-refractivity contribution in [1.29, 1.82) is 0 Å². The van der Waals surface area contributed by atoms with Gasteiger partial charge in [-0.25, -0.2) is 4.39 Å². The molecule has 3 atom stereocenters. The van der Waals surface area contributed by atoms with E-state index in [2.05, 4.69) is 10.6 Å². The second-order valence-electron chi connectivity index (χ2n) is 6.28. The van der Waals surface area contributed by atoms with Crippen LogP contribution in [-0.4, -0.2) is 17.4 Å². The van der Waals surface area contributed by atoms with Gasteiger partial charge in [0.1, 0.15) is 5.82 Å². The van der Waals surface area contributed by atoms with Crippen molar-refractivity contribution < 1.29 is 9.18 Å². The van der Waals surface area contributed by atoms with Crippen LogP contribution in [0.3, 0.4) is 0 Å². The highest BCUT2D eigenvalue weighted by Gasteiger charge is 2.42. The number of rotatable bonds is 3. The number of hydrogen-bond donors (Lipinski definition) is 2. The topological polar surface area (TPSA) is 41.1 Å². The minimum atomic E-state index is -0.303. The zero-order valence-electron chi connectivity index (χ0n) is 13.5. The van der Waals surface area contributed by atoms with Gasteiger partial charge in [0.15, 0.2) is 0 Å². The number of nitrogens with one attached hydrogen (secondary N) is 2. The van der Waals surface area contributed by atoms with Gasteiger partial charge < -0.3 is 5.32 Å². The van der Waals surface area contributed by atoms with Crippen molar-refractivity contribution >= 4 is 46.4 Å². The van der Waals surface area contributed by atoms with Gasteiger partial charge in [0.2, 0.25) is 5.91 Å². The minimum absolute atomic E-state index is 0.0376. The van der Waals surface area contributed by atoms with E-state index in [0.29, 0.717) is 16.5 Å². The van der Waals surface area contributed by atoms with E-state index in [1.807, 2.05) is 11.5 Å². The van der Waals surface area contributed by atoms with E-state index in [1.54, 1.807) is 36.0 Å². The maximum atomic E-state index is 13.2. The number of fused-ring (bicyclic) bond motifs is 1. The van der Waals surface area contributed by atoms with Crippen molar-refractivity contribution in [2.75, 3.05) is 0 Å². The molecule has 1 fully saturated rings. The number of carbonyl (C=O) groups excluding carboxylic acids is 1. The molecular formula is C19H15Cl2FN2OS. The van der Waals surface area contributed by atoms with E-state index >= 15 is 0 Å². The number of amides is 1. The summed E-state index contributed by atoms with van der Waals surface area (Å²) in [6, 6.07) is 11.6. The molecule has 2 aliphatic heterocycles. The summed E-state index contributed by atoms with van der Waals surface area (Å²) in [5, 5.41) is 9.57.